The number of benzene rings is 1. The zero-order valence-corrected chi connectivity index (χ0v) is 10.7. The molecule has 17 heavy (non-hydrogen) atoms. The van der Waals surface area contributed by atoms with Gasteiger partial charge in [-0.2, -0.15) is 0 Å². The third-order valence-corrected chi connectivity index (χ3v) is 2.48. The minimum absolute atomic E-state index is 0.309. The van der Waals surface area contributed by atoms with Crippen molar-refractivity contribution < 1.29 is 14.3 Å². The van der Waals surface area contributed by atoms with Crippen molar-refractivity contribution in [1.82, 2.24) is 0 Å². The Morgan fingerprint density at radius 2 is 2.06 bits per heavy atom. The molecule has 0 aromatic heterocycles. The van der Waals surface area contributed by atoms with Gasteiger partial charge < -0.3 is 10.1 Å². The summed E-state index contributed by atoms with van der Waals surface area (Å²) in [7, 11) is 1.31. The standard InChI is InChI=1S/C12H14ClNO3/c1-7-4-5-9(12(16)17-3)6-10(7)14-11(15)8(2)13/h4-6,8H,1-3H3,(H,14,15)/t8-/m0/s1. The van der Waals surface area contributed by atoms with E-state index >= 15 is 0 Å². The average molecular weight is 256 g/mol. The highest BCUT2D eigenvalue weighted by molar-refractivity contribution is 6.32. The zero-order valence-electron chi connectivity index (χ0n) is 9.91. The molecule has 1 aromatic carbocycles. The second kappa shape index (κ2) is 5.68. The summed E-state index contributed by atoms with van der Waals surface area (Å²) in [5, 5.41) is 2.02. The third kappa shape index (κ3) is 3.46. The summed E-state index contributed by atoms with van der Waals surface area (Å²) in [5.74, 6) is -0.754. The molecule has 1 atom stereocenters. The number of hydrogen-bond acceptors (Lipinski definition) is 3. The molecule has 4 nitrogen and oxygen atoms in total. The van der Waals surface area contributed by atoms with E-state index in [0.717, 1.165) is 5.56 Å². The van der Waals surface area contributed by atoms with Crippen LogP contribution in [0.1, 0.15) is 22.8 Å². The maximum Gasteiger partial charge on any atom is 0.337 e. The number of carbonyl (C=O) groups excluding carboxylic acids is 2. The van der Waals surface area contributed by atoms with Crippen LogP contribution in [0.2, 0.25) is 0 Å². The number of ether oxygens (including phenoxy) is 1. The molecule has 0 heterocycles. The fraction of sp³-hybridized carbons (Fsp3) is 0.333. The number of amides is 1. The Morgan fingerprint density at radius 1 is 1.41 bits per heavy atom. The lowest BCUT2D eigenvalue weighted by Gasteiger charge is -2.10. The number of nitrogens with one attached hydrogen (secondary N) is 1. The van der Waals surface area contributed by atoms with Gasteiger partial charge in [-0.05, 0) is 31.5 Å². The van der Waals surface area contributed by atoms with Crippen molar-refractivity contribution in [2.24, 2.45) is 0 Å². The molecule has 0 aliphatic carbocycles. The van der Waals surface area contributed by atoms with Crippen LogP contribution >= 0.6 is 11.6 Å². The predicted molar refractivity (Wildman–Crippen MR) is 66.5 cm³/mol. The molecule has 92 valence electrons. The fourth-order valence-electron chi connectivity index (χ4n) is 1.23. The Bertz CT molecular complexity index is 443. The van der Waals surface area contributed by atoms with E-state index in [1.54, 1.807) is 25.1 Å². The average Bonchev–Trinajstić information content (AvgIpc) is 2.30. The molecular formula is C12H14ClNO3. The smallest absolute Gasteiger partial charge is 0.337 e. The fourth-order valence-corrected chi connectivity index (χ4v) is 1.29. The lowest BCUT2D eigenvalue weighted by atomic mass is 10.1. The van der Waals surface area contributed by atoms with Crippen molar-refractivity contribution in [1.29, 1.82) is 0 Å². The molecule has 1 N–H and O–H groups in total. The van der Waals surface area contributed by atoms with Gasteiger partial charge in [0.15, 0.2) is 0 Å². The van der Waals surface area contributed by atoms with Gasteiger partial charge in [0.25, 0.3) is 0 Å². The largest absolute Gasteiger partial charge is 0.465 e. The summed E-state index contributed by atoms with van der Waals surface area (Å²) in [5.41, 5.74) is 1.80. The first-order valence-electron chi connectivity index (χ1n) is 5.09. The number of halogens is 1. The molecule has 0 aliphatic rings. The van der Waals surface area contributed by atoms with E-state index in [4.69, 9.17) is 11.6 Å². The van der Waals surface area contributed by atoms with E-state index in [2.05, 4.69) is 10.1 Å². The molecule has 1 rings (SSSR count). The van der Waals surface area contributed by atoms with Gasteiger partial charge >= 0.3 is 5.97 Å². The van der Waals surface area contributed by atoms with Crippen molar-refractivity contribution in [2.45, 2.75) is 19.2 Å². The monoisotopic (exact) mass is 255 g/mol. The van der Waals surface area contributed by atoms with E-state index in [-0.39, 0.29) is 5.91 Å². The van der Waals surface area contributed by atoms with Crippen molar-refractivity contribution in [3.63, 3.8) is 0 Å². The topological polar surface area (TPSA) is 55.4 Å². The van der Waals surface area contributed by atoms with Gasteiger partial charge in [-0.1, -0.05) is 6.07 Å². The summed E-state index contributed by atoms with van der Waals surface area (Å²) in [6.45, 7) is 3.41. The van der Waals surface area contributed by atoms with Gasteiger partial charge in [-0.3, -0.25) is 4.79 Å². The van der Waals surface area contributed by atoms with Crippen LogP contribution < -0.4 is 5.32 Å². The van der Waals surface area contributed by atoms with Gasteiger partial charge in [0, 0.05) is 5.69 Å². The number of alkyl halides is 1. The number of rotatable bonds is 3. The minimum atomic E-state index is -0.629. The maximum absolute atomic E-state index is 11.5. The molecular weight excluding hydrogens is 242 g/mol. The van der Waals surface area contributed by atoms with Crippen LogP contribution in [0.3, 0.4) is 0 Å². The molecule has 0 saturated heterocycles. The Balaban J connectivity index is 2.99. The highest BCUT2D eigenvalue weighted by atomic mass is 35.5. The van der Waals surface area contributed by atoms with E-state index in [1.165, 1.54) is 7.11 Å². The Hall–Kier alpha value is -1.55. The second-order valence-corrected chi connectivity index (χ2v) is 4.28. The van der Waals surface area contributed by atoms with Crippen molar-refractivity contribution in [3.05, 3.63) is 29.3 Å². The number of aryl methyl sites for hydroxylation is 1. The molecule has 1 aromatic rings. The summed E-state index contributed by atoms with van der Waals surface area (Å²) >= 11 is 5.66. The second-order valence-electron chi connectivity index (χ2n) is 3.63. The minimum Gasteiger partial charge on any atom is -0.465 e. The highest BCUT2D eigenvalue weighted by Crippen LogP contribution is 2.18. The van der Waals surface area contributed by atoms with Crippen LogP contribution in [-0.4, -0.2) is 24.4 Å². The summed E-state index contributed by atoms with van der Waals surface area (Å²) in [6.07, 6.45) is 0. The van der Waals surface area contributed by atoms with Crippen molar-refractivity contribution in [2.75, 3.05) is 12.4 Å². The molecule has 0 radical (unpaired) electrons. The molecule has 0 unspecified atom stereocenters. The summed E-state index contributed by atoms with van der Waals surface area (Å²) < 4.78 is 4.61. The molecule has 1 amide bonds. The first-order valence-corrected chi connectivity index (χ1v) is 5.53. The highest BCUT2D eigenvalue weighted by Gasteiger charge is 2.13. The van der Waals surface area contributed by atoms with Gasteiger partial charge in [-0.25, -0.2) is 4.79 Å². The Labute approximate surface area is 105 Å². The van der Waals surface area contributed by atoms with Gasteiger partial charge in [-0.15, -0.1) is 11.6 Å². The quantitative estimate of drug-likeness (QED) is 0.666. The van der Waals surface area contributed by atoms with Crippen LogP contribution in [0, 0.1) is 6.92 Å². The van der Waals surface area contributed by atoms with Gasteiger partial charge in [0.05, 0.1) is 12.7 Å². The van der Waals surface area contributed by atoms with Gasteiger partial charge in [0.2, 0.25) is 5.91 Å². The number of anilines is 1. The molecule has 0 spiro atoms. The molecule has 5 heteroatoms. The Kier molecular flexibility index (Phi) is 4.52. The molecule has 0 bridgehead atoms. The lowest BCUT2D eigenvalue weighted by molar-refractivity contribution is -0.115. The number of methoxy groups -OCH3 is 1. The van der Waals surface area contributed by atoms with E-state index in [1.807, 2.05) is 6.92 Å². The molecule has 0 fully saturated rings. The normalized spacial score (nSPS) is 11.8. The number of carbonyl (C=O) groups is 2. The van der Waals surface area contributed by atoms with Crippen LogP contribution in [0.5, 0.6) is 0 Å². The predicted octanol–water partition coefficient (Wildman–Crippen LogP) is 2.35. The van der Waals surface area contributed by atoms with Crippen LogP contribution in [-0.2, 0) is 9.53 Å². The van der Waals surface area contributed by atoms with Crippen LogP contribution in [0.25, 0.3) is 0 Å². The third-order valence-electron chi connectivity index (χ3n) is 2.28. The van der Waals surface area contributed by atoms with E-state index < -0.39 is 11.3 Å². The first kappa shape index (κ1) is 13.5. The number of esters is 1. The molecule has 0 aliphatic heterocycles. The van der Waals surface area contributed by atoms with E-state index in [0.29, 0.717) is 11.3 Å². The van der Waals surface area contributed by atoms with Crippen molar-refractivity contribution in [3.8, 4) is 0 Å². The van der Waals surface area contributed by atoms with Crippen molar-refractivity contribution >= 4 is 29.2 Å². The Morgan fingerprint density at radius 3 is 2.59 bits per heavy atom. The SMILES string of the molecule is COC(=O)c1ccc(C)c(NC(=O)[C@H](C)Cl)c1. The lowest BCUT2D eigenvalue weighted by Crippen LogP contribution is -2.21. The zero-order chi connectivity index (χ0) is 13.0. The first-order chi connectivity index (χ1) is 7.95. The van der Waals surface area contributed by atoms with Crippen LogP contribution in [0.15, 0.2) is 18.2 Å². The van der Waals surface area contributed by atoms with Crippen LogP contribution in [0.4, 0.5) is 5.69 Å². The maximum atomic E-state index is 11.5. The summed E-state index contributed by atoms with van der Waals surface area (Å²) in [4.78, 5) is 22.8. The molecule has 0 saturated carbocycles. The van der Waals surface area contributed by atoms with E-state index in [9.17, 15) is 9.59 Å². The number of hydrogen-bond donors (Lipinski definition) is 1. The summed E-state index contributed by atoms with van der Waals surface area (Å²) in [6, 6.07) is 4.94. The van der Waals surface area contributed by atoms with Gasteiger partial charge in [0.1, 0.15) is 5.38 Å².